The van der Waals surface area contributed by atoms with Gasteiger partial charge in [0.1, 0.15) is 19.6 Å². The number of quaternary nitrogens is 1. The SMILES string of the molecule is Nc1cccc(C[NH+]2CCOCC2)c1. The molecule has 0 bridgehead atoms. The van der Waals surface area contributed by atoms with Gasteiger partial charge in [-0.1, -0.05) is 12.1 Å². The molecule has 0 aliphatic carbocycles. The largest absolute Gasteiger partial charge is 0.399 e. The lowest BCUT2D eigenvalue weighted by atomic mass is 10.2. The Morgan fingerprint density at radius 1 is 1.29 bits per heavy atom. The Labute approximate surface area is 84.5 Å². The van der Waals surface area contributed by atoms with Crippen LogP contribution in [0.3, 0.4) is 0 Å². The van der Waals surface area contributed by atoms with Crippen LogP contribution in [0.5, 0.6) is 0 Å². The van der Waals surface area contributed by atoms with E-state index in [1.165, 1.54) is 5.56 Å². The second-order valence-electron chi connectivity index (χ2n) is 3.78. The number of nitrogens with two attached hydrogens (primary N) is 1. The van der Waals surface area contributed by atoms with Crippen LogP contribution in [0.25, 0.3) is 0 Å². The summed E-state index contributed by atoms with van der Waals surface area (Å²) in [5.74, 6) is 0. The summed E-state index contributed by atoms with van der Waals surface area (Å²) < 4.78 is 5.32. The monoisotopic (exact) mass is 193 g/mol. The number of anilines is 1. The van der Waals surface area contributed by atoms with Crippen molar-refractivity contribution in [3.8, 4) is 0 Å². The van der Waals surface area contributed by atoms with Gasteiger partial charge in [-0.05, 0) is 12.1 Å². The van der Waals surface area contributed by atoms with E-state index in [2.05, 4.69) is 12.1 Å². The number of benzene rings is 1. The van der Waals surface area contributed by atoms with E-state index in [0.717, 1.165) is 38.5 Å². The van der Waals surface area contributed by atoms with E-state index in [9.17, 15) is 0 Å². The van der Waals surface area contributed by atoms with Crippen molar-refractivity contribution in [3.05, 3.63) is 29.8 Å². The molecule has 3 N–H and O–H groups in total. The van der Waals surface area contributed by atoms with Crippen LogP contribution in [0.15, 0.2) is 24.3 Å². The minimum Gasteiger partial charge on any atom is -0.399 e. The van der Waals surface area contributed by atoms with Gasteiger partial charge in [-0.2, -0.15) is 0 Å². The molecule has 3 heteroatoms. The van der Waals surface area contributed by atoms with Crippen LogP contribution in [0.2, 0.25) is 0 Å². The van der Waals surface area contributed by atoms with Crippen LogP contribution >= 0.6 is 0 Å². The lowest BCUT2D eigenvalue weighted by Crippen LogP contribution is -3.12. The highest BCUT2D eigenvalue weighted by atomic mass is 16.5. The van der Waals surface area contributed by atoms with E-state index in [0.29, 0.717) is 0 Å². The van der Waals surface area contributed by atoms with Crippen molar-refractivity contribution < 1.29 is 9.64 Å². The highest BCUT2D eigenvalue weighted by molar-refractivity contribution is 5.40. The van der Waals surface area contributed by atoms with Crippen molar-refractivity contribution in [3.63, 3.8) is 0 Å². The Bertz CT molecular complexity index is 295. The first-order chi connectivity index (χ1) is 6.84. The second kappa shape index (κ2) is 4.44. The molecule has 0 saturated carbocycles. The summed E-state index contributed by atoms with van der Waals surface area (Å²) in [5.41, 5.74) is 7.91. The first-order valence-corrected chi connectivity index (χ1v) is 5.10. The molecule has 1 saturated heterocycles. The lowest BCUT2D eigenvalue weighted by molar-refractivity contribution is -0.921. The van der Waals surface area contributed by atoms with E-state index in [1.54, 1.807) is 4.90 Å². The number of nitrogen functional groups attached to an aromatic ring is 1. The van der Waals surface area contributed by atoms with Gasteiger partial charge in [0.25, 0.3) is 0 Å². The zero-order chi connectivity index (χ0) is 9.80. The molecule has 1 heterocycles. The van der Waals surface area contributed by atoms with E-state index >= 15 is 0 Å². The molecule has 0 spiro atoms. The number of hydrogen-bond acceptors (Lipinski definition) is 2. The van der Waals surface area contributed by atoms with Crippen molar-refractivity contribution in [2.45, 2.75) is 6.54 Å². The number of nitrogens with one attached hydrogen (secondary N) is 1. The standard InChI is InChI=1S/C11H16N2O/c12-11-3-1-2-10(8-11)9-13-4-6-14-7-5-13/h1-3,8H,4-7,9,12H2/p+1. The molecule has 3 nitrogen and oxygen atoms in total. The van der Waals surface area contributed by atoms with Gasteiger partial charge in [0.05, 0.1) is 13.2 Å². The number of hydrogen-bond donors (Lipinski definition) is 2. The molecular formula is C11H17N2O+. The molecule has 1 aromatic carbocycles. The predicted octanol–water partition coefficient (Wildman–Crippen LogP) is -0.316. The lowest BCUT2D eigenvalue weighted by Gasteiger charge is -2.23. The van der Waals surface area contributed by atoms with Crippen molar-refractivity contribution in [1.82, 2.24) is 0 Å². The van der Waals surface area contributed by atoms with E-state index in [1.807, 2.05) is 12.1 Å². The van der Waals surface area contributed by atoms with Crippen LogP contribution < -0.4 is 10.6 Å². The minimum absolute atomic E-state index is 0.857. The van der Waals surface area contributed by atoms with E-state index < -0.39 is 0 Å². The van der Waals surface area contributed by atoms with Crippen molar-refractivity contribution in [2.75, 3.05) is 32.0 Å². The van der Waals surface area contributed by atoms with Crippen LogP contribution in [0.1, 0.15) is 5.56 Å². The smallest absolute Gasteiger partial charge is 0.103 e. The summed E-state index contributed by atoms with van der Waals surface area (Å²) in [5, 5.41) is 0. The molecule has 0 atom stereocenters. The van der Waals surface area contributed by atoms with Gasteiger partial charge in [-0.15, -0.1) is 0 Å². The van der Waals surface area contributed by atoms with Crippen molar-refractivity contribution >= 4 is 5.69 Å². The first kappa shape index (κ1) is 9.49. The average molecular weight is 193 g/mol. The molecule has 76 valence electrons. The Morgan fingerprint density at radius 2 is 2.07 bits per heavy atom. The van der Waals surface area contributed by atoms with Gasteiger partial charge in [0.2, 0.25) is 0 Å². The Kier molecular flexibility index (Phi) is 3.01. The molecule has 1 aliphatic heterocycles. The normalized spacial score (nSPS) is 18.3. The fourth-order valence-electron chi connectivity index (χ4n) is 1.83. The molecule has 0 unspecified atom stereocenters. The van der Waals surface area contributed by atoms with Gasteiger partial charge >= 0.3 is 0 Å². The third-order valence-corrected chi connectivity index (χ3v) is 2.61. The maximum Gasteiger partial charge on any atom is 0.103 e. The fraction of sp³-hybridized carbons (Fsp3) is 0.455. The Hall–Kier alpha value is -1.06. The first-order valence-electron chi connectivity index (χ1n) is 5.10. The highest BCUT2D eigenvalue weighted by Crippen LogP contribution is 2.04. The van der Waals surface area contributed by atoms with Crippen LogP contribution in [0.4, 0.5) is 5.69 Å². The zero-order valence-corrected chi connectivity index (χ0v) is 8.33. The van der Waals surface area contributed by atoms with Crippen molar-refractivity contribution in [1.29, 1.82) is 0 Å². The van der Waals surface area contributed by atoms with Crippen LogP contribution in [-0.4, -0.2) is 26.3 Å². The molecule has 0 radical (unpaired) electrons. The summed E-state index contributed by atoms with van der Waals surface area (Å²) in [6.45, 7) is 5.05. The molecule has 1 fully saturated rings. The average Bonchev–Trinajstić information content (AvgIpc) is 2.19. The zero-order valence-electron chi connectivity index (χ0n) is 8.33. The molecule has 2 rings (SSSR count). The van der Waals surface area contributed by atoms with Crippen LogP contribution in [0, 0.1) is 0 Å². The highest BCUT2D eigenvalue weighted by Gasteiger charge is 2.13. The third-order valence-electron chi connectivity index (χ3n) is 2.61. The topological polar surface area (TPSA) is 39.7 Å². The summed E-state index contributed by atoms with van der Waals surface area (Å²) in [7, 11) is 0. The summed E-state index contributed by atoms with van der Waals surface area (Å²) in [6.07, 6.45) is 0. The fourth-order valence-corrected chi connectivity index (χ4v) is 1.83. The molecule has 1 aromatic rings. The van der Waals surface area contributed by atoms with Gasteiger partial charge < -0.3 is 15.4 Å². The molecule has 0 amide bonds. The van der Waals surface area contributed by atoms with Gasteiger partial charge in [0, 0.05) is 11.3 Å². The molecular weight excluding hydrogens is 176 g/mol. The Balaban J connectivity index is 1.95. The van der Waals surface area contributed by atoms with Gasteiger partial charge in [0.15, 0.2) is 0 Å². The maximum absolute atomic E-state index is 5.73. The van der Waals surface area contributed by atoms with E-state index in [4.69, 9.17) is 10.5 Å². The summed E-state index contributed by atoms with van der Waals surface area (Å²) >= 11 is 0. The number of rotatable bonds is 2. The second-order valence-corrected chi connectivity index (χ2v) is 3.78. The number of ether oxygens (including phenoxy) is 1. The third kappa shape index (κ3) is 2.47. The van der Waals surface area contributed by atoms with Crippen LogP contribution in [-0.2, 0) is 11.3 Å². The van der Waals surface area contributed by atoms with Gasteiger partial charge in [-0.3, -0.25) is 0 Å². The molecule has 0 aromatic heterocycles. The Morgan fingerprint density at radius 3 is 2.79 bits per heavy atom. The van der Waals surface area contributed by atoms with Gasteiger partial charge in [-0.25, -0.2) is 0 Å². The maximum atomic E-state index is 5.73. The quantitative estimate of drug-likeness (QED) is 0.632. The molecule has 1 aliphatic rings. The number of morpholine rings is 1. The summed E-state index contributed by atoms with van der Waals surface area (Å²) in [6, 6.07) is 8.14. The summed E-state index contributed by atoms with van der Waals surface area (Å²) in [4.78, 5) is 1.59. The predicted molar refractivity (Wildman–Crippen MR) is 56.1 cm³/mol. The van der Waals surface area contributed by atoms with E-state index in [-0.39, 0.29) is 0 Å². The molecule has 14 heavy (non-hydrogen) atoms. The minimum atomic E-state index is 0.857. The van der Waals surface area contributed by atoms with Crippen molar-refractivity contribution in [2.24, 2.45) is 0 Å².